The maximum atomic E-state index is 10.6. The number of aliphatic hydroxyl groups excluding tert-OH is 1. The van der Waals surface area contributed by atoms with Gasteiger partial charge in [-0.05, 0) is 41.7 Å². The van der Waals surface area contributed by atoms with Crippen LogP contribution in [0.3, 0.4) is 0 Å². The van der Waals surface area contributed by atoms with E-state index in [1.807, 2.05) is 36.4 Å². The Morgan fingerprint density at radius 2 is 1.52 bits per heavy atom. The molecule has 0 spiro atoms. The molecule has 3 unspecified atom stereocenters. The molecule has 0 saturated carbocycles. The zero-order valence-corrected chi connectivity index (χ0v) is 16.6. The number of hydrogen-bond acceptors (Lipinski definition) is 3. The summed E-state index contributed by atoms with van der Waals surface area (Å²) in [5.41, 5.74) is 2.47. The molecule has 1 saturated heterocycles. The Hall–Kier alpha value is -1.68. The fourth-order valence-corrected chi connectivity index (χ4v) is 4.08. The van der Waals surface area contributed by atoms with Crippen molar-refractivity contribution in [3.05, 3.63) is 71.8 Å². The van der Waals surface area contributed by atoms with Gasteiger partial charge in [-0.1, -0.05) is 81.4 Å². The van der Waals surface area contributed by atoms with Crippen molar-refractivity contribution in [3.8, 4) is 0 Å². The van der Waals surface area contributed by atoms with Gasteiger partial charge in [-0.25, -0.2) is 0 Å². The summed E-state index contributed by atoms with van der Waals surface area (Å²) in [6, 6.07) is 20.6. The van der Waals surface area contributed by atoms with E-state index >= 15 is 0 Å². The molecule has 2 aromatic rings. The Morgan fingerprint density at radius 1 is 0.926 bits per heavy atom. The predicted octanol–water partition coefficient (Wildman–Crippen LogP) is 4.83. The van der Waals surface area contributed by atoms with Crippen LogP contribution in [-0.4, -0.2) is 23.6 Å². The Morgan fingerprint density at radius 3 is 2.15 bits per heavy atom. The van der Waals surface area contributed by atoms with Crippen molar-refractivity contribution >= 4 is 0 Å². The number of aliphatic hydroxyl groups is 1. The number of hydrogen-bond donors (Lipinski definition) is 1. The van der Waals surface area contributed by atoms with Crippen LogP contribution >= 0.6 is 0 Å². The second kappa shape index (κ2) is 9.50. The van der Waals surface area contributed by atoms with Crippen molar-refractivity contribution in [3.63, 3.8) is 0 Å². The average Bonchev–Trinajstić information content (AvgIpc) is 2.70. The molecule has 1 aliphatic rings. The minimum atomic E-state index is -0.871. The van der Waals surface area contributed by atoms with Gasteiger partial charge in [-0.2, -0.15) is 0 Å². The fraction of sp³-hybridized carbons (Fsp3) is 0.500. The smallest absolute Gasteiger partial charge is 0.181 e. The van der Waals surface area contributed by atoms with Gasteiger partial charge in [0.2, 0.25) is 0 Å². The highest BCUT2D eigenvalue weighted by molar-refractivity contribution is 5.15. The third-order valence-corrected chi connectivity index (χ3v) is 6.02. The summed E-state index contributed by atoms with van der Waals surface area (Å²) in [6.45, 7) is 7.12. The highest BCUT2D eigenvalue weighted by atomic mass is 16.6. The molecule has 1 N–H and O–H groups in total. The zero-order valence-electron chi connectivity index (χ0n) is 16.6. The van der Waals surface area contributed by atoms with E-state index in [1.54, 1.807) is 0 Å². The second-order valence-electron chi connectivity index (χ2n) is 7.97. The fourth-order valence-electron chi connectivity index (χ4n) is 4.08. The topological polar surface area (TPSA) is 38.7 Å². The van der Waals surface area contributed by atoms with Gasteiger partial charge in [-0.15, -0.1) is 0 Å². The van der Waals surface area contributed by atoms with E-state index in [0.29, 0.717) is 18.4 Å². The van der Waals surface area contributed by atoms with Crippen molar-refractivity contribution in [1.29, 1.82) is 0 Å². The molecule has 0 amide bonds. The van der Waals surface area contributed by atoms with Crippen molar-refractivity contribution in [2.45, 2.75) is 58.7 Å². The third kappa shape index (κ3) is 5.19. The molecule has 6 atom stereocenters. The Bertz CT molecular complexity index is 673. The molecular formula is C24H32O3. The normalized spacial score (nSPS) is 29.4. The first-order valence-electron chi connectivity index (χ1n) is 10.1. The van der Waals surface area contributed by atoms with Crippen LogP contribution < -0.4 is 0 Å². The SMILES string of the molecule is C[C@H](CCc1ccccc1)C1OC(O)C(OCc2ccccc2)[C@@H](C)[C@@H]1C. The van der Waals surface area contributed by atoms with E-state index in [2.05, 4.69) is 45.0 Å². The maximum Gasteiger partial charge on any atom is 0.181 e. The number of rotatable bonds is 7. The molecule has 0 bridgehead atoms. The van der Waals surface area contributed by atoms with E-state index in [-0.39, 0.29) is 18.1 Å². The van der Waals surface area contributed by atoms with Gasteiger partial charge in [0.05, 0.1) is 12.7 Å². The van der Waals surface area contributed by atoms with E-state index in [4.69, 9.17) is 9.47 Å². The van der Waals surface area contributed by atoms with Gasteiger partial charge in [0.25, 0.3) is 0 Å². The molecule has 0 aliphatic carbocycles. The lowest BCUT2D eigenvalue weighted by Crippen LogP contribution is -2.52. The first kappa shape index (κ1) is 20.1. The molecule has 0 aromatic heterocycles. The van der Waals surface area contributed by atoms with Gasteiger partial charge < -0.3 is 14.6 Å². The van der Waals surface area contributed by atoms with Crippen LogP contribution in [-0.2, 0) is 22.5 Å². The summed E-state index contributed by atoms with van der Waals surface area (Å²) < 4.78 is 12.1. The van der Waals surface area contributed by atoms with Crippen molar-refractivity contribution in [1.82, 2.24) is 0 Å². The first-order chi connectivity index (χ1) is 13.1. The predicted molar refractivity (Wildman–Crippen MR) is 108 cm³/mol. The second-order valence-corrected chi connectivity index (χ2v) is 7.97. The van der Waals surface area contributed by atoms with Crippen LogP contribution in [0.5, 0.6) is 0 Å². The van der Waals surface area contributed by atoms with Crippen LogP contribution in [0.25, 0.3) is 0 Å². The van der Waals surface area contributed by atoms with E-state index in [0.717, 1.165) is 18.4 Å². The molecule has 0 radical (unpaired) electrons. The summed E-state index contributed by atoms with van der Waals surface area (Å²) in [7, 11) is 0. The van der Waals surface area contributed by atoms with Crippen molar-refractivity contribution < 1.29 is 14.6 Å². The molecule has 1 fully saturated rings. The summed E-state index contributed by atoms with van der Waals surface area (Å²) in [6.07, 6.45) is 0.971. The zero-order chi connectivity index (χ0) is 19.2. The van der Waals surface area contributed by atoms with Crippen LogP contribution in [0.15, 0.2) is 60.7 Å². The van der Waals surface area contributed by atoms with Gasteiger partial charge in [0.15, 0.2) is 6.29 Å². The quantitative estimate of drug-likeness (QED) is 0.761. The molecule has 27 heavy (non-hydrogen) atoms. The van der Waals surface area contributed by atoms with Crippen molar-refractivity contribution in [2.75, 3.05) is 0 Å². The monoisotopic (exact) mass is 368 g/mol. The minimum absolute atomic E-state index is 0.0512. The molecule has 3 heteroatoms. The average molecular weight is 369 g/mol. The molecule has 3 rings (SSSR count). The molecule has 146 valence electrons. The lowest BCUT2D eigenvalue weighted by molar-refractivity contribution is -0.273. The van der Waals surface area contributed by atoms with Crippen LogP contribution in [0.2, 0.25) is 0 Å². The van der Waals surface area contributed by atoms with E-state index in [1.165, 1.54) is 5.56 Å². The number of benzene rings is 2. The minimum Gasteiger partial charge on any atom is -0.368 e. The number of aryl methyl sites for hydroxylation is 1. The third-order valence-electron chi connectivity index (χ3n) is 6.02. The van der Waals surface area contributed by atoms with Crippen molar-refractivity contribution in [2.24, 2.45) is 17.8 Å². The Labute approximate surface area is 163 Å². The maximum absolute atomic E-state index is 10.6. The standard InChI is InChI=1S/C24H32O3/c1-17(14-15-20-10-6-4-7-11-20)22-18(2)19(3)23(24(25)27-22)26-16-21-12-8-5-9-13-21/h4-13,17-19,22-25H,14-16H2,1-3H3/t17-,18+,19+,22?,23?,24?/m1/s1. The summed E-state index contributed by atoms with van der Waals surface area (Å²) in [5.74, 6) is 0.953. The summed E-state index contributed by atoms with van der Waals surface area (Å²) >= 11 is 0. The molecule has 3 nitrogen and oxygen atoms in total. The summed E-state index contributed by atoms with van der Waals surface area (Å²) in [4.78, 5) is 0. The molecule has 1 aliphatic heterocycles. The number of ether oxygens (including phenoxy) is 2. The highest BCUT2D eigenvalue weighted by Gasteiger charge is 2.43. The molecule has 1 heterocycles. The van der Waals surface area contributed by atoms with Gasteiger partial charge in [0.1, 0.15) is 6.10 Å². The van der Waals surface area contributed by atoms with E-state index < -0.39 is 6.29 Å². The van der Waals surface area contributed by atoms with E-state index in [9.17, 15) is 5.11 Å². The van der Waals surface area contributed by atoms with Crippen LogP contribution in [0.4, 0.5) is 0 Å². The lowest BCUT2D eigenvalue weighted by atomic mass is 9.77. The first-order valence-corrected chi connectivity index (χ1v) is 10.1. The highest BCUT2D eigenvalue weighted by Crippen LogP contribution is 2.36. The van der Waals surface area contributed by atoms with Crippen LogP contribution in [0, 0.1) is 17.8 Å². The van der Waals surface area contributed by atoms with Gasteiger partial charge in [0, 0.05) is 0 Å². The Balaban J connectivity index is 1.55. The largest absolute Gasteiger partial charge is 0.368 e. The lowest BCUT2D eigenvalue weighted by Gasteiger charge is -2.44. The van der Waals surface area contributed by atoms with Gasteiger partial charge in [-0.3, -0.25) is 0 Å². The Kier molecular flexibility index (Phi) is 7.06. The summed E-state index contributed by atoms with van der Waals surface area (Å²) in [5, 5.41) is 10.6. The molecular weight excluding hydrogens is 336 g/mol. The van der Waals surface area contributed by atoms with Crippen LogP contribution in [0.1, 0.15) is 38.3 Å². The van der Waals surface area contributed by atoms with Gasteiger partial charge >= 0.3 is 0 Å². The molecule has 2 aromatic carbocycles.